The van der Waals surface area contributed by atoms with Crippen LogP contribution in [0, 0.1) is 6.92 Å². The number of nitrogens with one attached hydrogen (secondary N) is 2. The van der Waals surface area contributed by atoms with E-state index in [-0.39, 0.29) is 24.1 Å². The van der Waals surface area contributed by atoms with Gasteiger partial charge in [-0.1, -0.05) is 28.9 Å². The fraction of sp³-hybridized carbons (Fsp3) is 0.250. The third-order valence-electron chi connectivity index (χ3n) is 6.95. The number of halogens is 1. The van der Waals surface area contributed by atoms with Gasteiger partial charge in [-0.2, -0.15) is 4.98 Å². The lowest BCUT2D eigenvalue weighted by molar-refractivity contribution is -0.124. The number of amides is 2. The molecule has 13 heteroatoms. The van der Waals surface area contributed by atoms with Crippen molar-refractivity contribution >= 4 is 34.3 Å². The smallest absolute Gasteiger partial charge is 0.290 e. The van der Waals surface area contributed by atoms with Crippen LogP contribution in [0.2, 0.25) is 5.02 Å². The summed E-state index contributed by atoms with van der Waals surface area (Å²) in [6.07, 6.45) is 1.05. The van der Waals surface area contributed by atoms with Crippen molar-refractivity contribution in [3.8, 4) is 28.9 Å². The van der Waals surface area contributed by atoms with Crippen molar-refractivity contribution in [1.29, 1.82) is 0 Å². The minimum Gasteiger partial charge on any atom is -0.497 e. The largest absolute Gasteiger partial charge is 0.497 e. The van der Waals surface area contributed by atoms with Gasteiger partial charge in [-0.15, -0.1) is 0 Å². The summed E-state index contributed by atoms with van der Waals surface area (Å²) in [5.74, 6) is 0.806. The molecule has 0 unspecified atom stereocenters. The first-order valence-electron chi connectivity index (χ1n) is 12.7. The van der Waals surface area contributed by atoms with E-state index in [1.54, 1.807) is 14.0 Å². The average Bonchev–Trinajstić information content (AvgIpc) is 3.30. The first-order chi connectivity index (χ1) is 19.8. The number of nitrogens with zero attached hydrogens (tertiary/aromatic N) is 4. The van der Waals surface area contributed by atoms with Crippen molar-refractivity contribution in [2.24, 2.45) is 0 Å². The van der Waals surface area contributed by atoms with Crippen LogP contribution in [0.1, 0.15) is 34.8 Å². The molecule has 2 aromatic carbocycles. The highest BCUT2D eigenvalue weighted by molar-refractivity contribution is 6.38. The van der Waals surface area contributed by atoms with E-state index >= 15 is 0 Å². The number of fused-ring (bicyclic) bond motifs is 1. The third kappa shape index (κ3) is 4.86. The van der Waals surface area contributed by atoms with Crippen LogP contribution in [0.15, 0.2) is 57.6 Å². The van der Waals surface area contributed by atoms with Crippen molar-refractivity contribution in [3.63, 3.8) is 0 Å². The Kier molecular flexibility index (Phi) is 6.62. The molecule has 1 aliphatic carbocycles. The first-order valence-corrected chi connectivity index (χ1v) is 13.1. The minimum absolute atomic E-state index is 0.0253. The third-order valence-corrected chi connectivity index (χ3v) is 7.33. The topological polar surface area (TPSA) is 147 Å². The zero-order valence-electron chi connectivity index (χ0n) is 22.4. The molecule has 6 rings (SSSR count). The van der Waals surface area contributed by atoms with Gasteiger partial charge in [0.25, 0.3) is 17.7 Å². The summed E-state index contributed by atoms with van der Waals surface area (Å²) < 4.78 is 22.7. The number of hydrogen-bond acceptors (Lipinski definition) is 9. The molecule has 3 heterocycles. The Bertz CT molecular complexity index is 1770. The van der Waals surface area contributed by atoms with Gasteiger partial charge < -0.3 is 33.7 Å². The van der Waals surface area contributed by atoms with Crippen LogP contribution in [0.25, 0.3) is 28.2 Å². The number of carbonyl (C=O) groups excluding carboxylic acids is 2. The summed E-state index contributed by atoms with van der Waals surface area (Å²) in [5, 5.41) is 14.5. The van der Waals surface area contributed by atoms with Gasteiger partial charge in [0.2, 0.25) is 11.7 Å². The lowest BCUT2D eigenvalue weighted by atomic mass is 10.1. The number of benzene rings is 2. The minimum atomic E-state index is -0.976. The second kappa shape index (κ2) is 10.3. The molecule has 5 aromatic rings. The van der Waals surface area contributed by atoms with Gasteiger partial charge in [-0.25, -0.2) is 0 Å². The molecule has 41 heavy (non-hydrogen) atoms. The van der Waals surface area contributed by atoms with Crippen molar-refractivity contribution < 1.29 is 28.1 Å². The van der Waals surface area contributed by atoms with Gasteiger partial charge in [0.15, 0.2) is 5.82 Å². The van der Waals surface area contributed by atoms with E-state index in [2.05, 4.69) is 25.9 Å². The highest BCUT2D eigenvalue weighted by Gasteiger charge is 2.51. The molecular weight excluding hydrogens is 552 g/mol. The first kappa shape index (κ1) is 26.4. The molecule has 0 aliphatic heterocycles. The maximum absolute atomic E-state index is 13.0. The number of hydrogen-bond donors (Lipinski definition) is 2. The Morgan fingerprint density at radius 3 is 2.46 bits per heavy atom. The van der Waals surface area contributed by atoms with Gasteiger partial charge >= 0.3 is 0 Å². The Labute approximate surface area is 238 Å². The van der Waals surface area contributed by atoms with Gasteiger partial charge in [0.05, 0.1) is 30.8 Å². The molecule has 210 valence electrons. The molecule has 0 spiro atoms. The summed E-state index contributed by atoms with van der Waals surface area (Å²) in [4.78, 5) is 29.9. The van der Waals surface area contributed by atoms with Crippen LogP contribution in [0.3, 0.4) is 0 Å². The number of aromatic nitrogens is 4. The predicted molar refractivity (Wildman–Crippen MR) is 147 cm³/mol. The van der Waals surface area contributed by atoms with Crippen LogP contribution in [0.5, 0.6) is 11.6 Å². The average molecular weight is 577 g/mol. The van der Waals surface area contributed by atoms with Crippen LogP contribution >= 0.6 is 11.6 Å². The zero-order valence-corrected chi connectivity index (χ0v) is 23.1. The van der Waals surface area contributed by atoms with E-state index in [0.29, 0.717) is 41.0 Å². The molecule has 2 N–H and O–H groups in total. The summed E-state index contributed by atoms with van der Waals surface area (Å²) in [6, 6.07) is 14.6. The Balaban J connectivity index is 1.21. The van der Waals surface area contributed by atoms with E-state index in [4.69, 9.17) is 30.1 Å². The molecule has 0 atom stereocenters. The van der Waals surface area contributed by atoms with Crippen LogP contribution in [0.4, 0.5) is 0 Å². The molecular formula is C28H25ClN6O6. The Morgan fingerprint density at radius 1 is 1.05 bits per heavy atom. The van der Waals surface area contributed by atoms with E-state index in [9.17, 15) is 9.59 Å². The maximum Gasteiger partial charge on any atom is 0.290 e. The van der Waals surface area contributed by atoms with Gasteiger partial charge in [-0.05, 0) is 60.8 Å². The number of rotatable bonds is 9. The Morgan fingerprint density at radius 2 is 1.83 bits per heavy atom. The summed E-state index contributed by atoms with van der Waals surface area (Å²) in [6.45, 7) is 2.01. The fourth-order valence-electron chi connectivity index (χ4n) is 4.60. The lowest BCUT2D eigenvalue weighted by Gasteiger charge is -2.16. The Hall–Kier alpha value is -4.84. The van der Waals surface area contributed by atoms with Crippen molar-refractivity contribution in [1.82, 2.24) is 30.5 Å². The number of ether oxygens (including phenoxy) is 2. The summed E-state index contributed by atoms with van der Waals surface area (Å²) in [7, 11) is 3.02. The second-order valence-corrected chi connectivity index (χ2v) is 10.0. The predicted octanol–water partition coefficient (Wildman–Crippen LogP) is 4.23. The fourth-order valence-corrected chi connectivity index (χ4v) is 4.92. The van der Waals surface area contributed by atoms with E-state index in [1.165, 1.54) is 13.2 Å². The van der Waals surface area contributed by atoms with Crippen LogP contribution in [-0.4, -0.2) is 51.4 Å². The molecule has 12 nitrogen and oxygen atoms in total. The van der Waals surface area contributed by atoms with Gasteiger partial charge in [-0.3, -0.25) is 9.59 Å². The van der Waals surface area contributed by atoms with E-state index in [1.807, 2.05) is 47.0 Å². The van der Waals surface area contributed by atoms with E-state index in [0.717, 1.165) is 22.2 Å². The molecule has 0 bridgehead atoms. The summed E-state index contributed by atoms with van der Waals surface area (Å²) >= 11 is 6.84. The summed E-state index contributed by atoms with van der Waals surface area (Å²) in [5.41, 5.74) is 2.09. The zero-order chi connectivity index (χ0) is 28.7. The second-order valence-electron chi connectivity index (χ2n) is 9.65. The molecule has 1 fully saturated rings. The molecule has 1 aliphatic rings. The normalized spacial score (nSPS) is 13.7. The molecule has 0 saturated heterocycles. The van der Waals surface area contributed by atoms with E-state index < -0.39 is 11.4 Å². The van der Waals surface area contributed by atoms with Crippen LogP contribution in [-0.2, 0) is 11.3 Å². The molecule has 2 amide bonds. The molecule has 1 saturated carbocycles. The van der Waals surface area contributed by atoms with Crippen molar-refractivity contribution in [2.45, 2.75) is 31.8 Å². The van der Waals surface area contributed by atoms with Crippen molar-refractivity contribution in [2.75, 3.05) is 14.2 Å². The number of methoxy groups -OCH3 is 2. The highest BCUT2D eigenvalue weighted by Crippen LogP contribution is 2.40. The van der Waals surface area contributed by atoms with Gasteiger partial charge in [0.1, 0.15) is 17.0 Å². The van der Waals surface area contributed by atoms with Crippen molar-refractivity contribution in [3.05, 3.63) is 70.7 Å². The SMILES string of the molecule is COc1ccc2c(c1)c(Cl)c(-c1nc(C)no1)n2-c1ccc(CNC(=O)C2(NC(=O)c3cc(OC)no3)CC2)cc1. The quantitative estimate of drug-likeness (QED) is 0.263. The highest BCUT2D eigenvalue weighted by atomic mass is 35.5. The lowest BCUT2D eigenvalue weighted by Crippen LogP contribution is -2.48. The number of carbonyl (C=O) groups is 2. The molecule has 0 radical (unpaired) electrons. The van der Waals surface area contributed by atoms with Gasteiger partial charge in [0, 0.05) is 17.6 Å². The maximum atomic E-state index is 13.0. The molecule has 3 aromatic heterocycles. The monoisotopic (exact) mass is 576 g/mol. The standard InChI is InChI=1S/C28H25ClN6O6/c1-15-31-26(41-33-15)24-23(29)19-12-18(38-2)8-9-20(19)35(24)17-6-4-16(5-7-17)14-30-27(37)28(10-11-28)32-25(36)21-13-22(39-3)34-40-21/h4-9,12-13H,10-11,14H2,1-3H3,(H,30,37)(H,32,36). The van der Waals surface area contributed by atoms with Crippen LogP contribution < -0.4 is 20.1 Å². The number of aryl methyl sites for hydroxylation is 1.